The number of carboxylic acids is 1. The van der Waals surface area contributed by atoms with E-state index in [0.717, 1.165) is 17.2 Å². The van der Waals surface area contributed by atoms with Crippen LogP contribution in [0.3, 0.4) is 0 Å². The molecule has 0 radical (unpaired) electrons. The monoisotopic (exact) mass is 344 g/mol. The fraction of sp³-hybridized carbons (Fsp3) is 0.529. The molecule has 1 aliphatic heterocycles. The third kappa shape index (κ3) is 3.16. The summed E-state index contributed by atoms with van der Waals surface area (Å²) >= 11 is 0. The van der Waals surface area contributed by atoms with Gasteiger partial charge in [0.25, 0.3) is 0 Å². The minimum atomic E-state index is -1.02. The Hall–Kier alpha value is -2.64. The van der Waals surface area contributed by atoms with Gasteiger partial charge in [-0.3, -0.25) is 4.68 Å². The third-order valence-corrected chi connectivity index (χ3v) is 4.81. The van der Waals surface area contributed by atoms with Crippen molar-refractivity contribution in [1.29, 1.82) is 0 Å². The summed E-state index contributed by atoms with van der Waals surface area (Å²) < 4.78 is 1.63. The second-order valence-corrected chi connectivity index (χ2v) is 6.89. The van der Waals surface area contributed by atoms with Gasteiger partial charge in [-0.1, -0.05) is 13.8 Å². The molecule has 0 atom stereocenters. The Morgan fingerprint density at radius 1 is 1.32 bits per heavy atom. The zero-order chi connectivity index (χ0) is 18.2. The minimum Gasteiger partial charge on any atom is -0.479 e. The molecule has 1 aliphatic rings. The van der Waals surface area contributed by atoms with Gasteiger partial charge in [0.1, 0.15) is 5.82 Å². The van der Waals surface area contributed by atoms with E-state index < -0.39 is 11.5 Å². The largest absolute Gasteiger partial charge is 0.479 e. The van der Waals surface area contributed by atoms with Crippen LogP contribution in [0.1, 0.15) is 44.0 Å². The van der Waals surface area contributed by atoms with Crippen molar-refractivity contribution in [2.24, 2.45) is 0 Å². The van der Waals surface area contributed by atoms with Crippen LogP contribution in [0.4, 0.5) is 11.8 Å². The first-order valence-electron chi connectivity index (χ1n) is 8.47. The Labute approximate surface area is 146 Å². The fourth-order valence-corrected chi connectivity index (χ4v) is 3.27. The average molecular weight is 344 g/mol. The van der Waals surface area contributed by atoms with E-state index in [-0.39, 0.29) is 11.9 Å². The molecule has 3 rings (SSSR count). The molecular weight excluding hydrogens is 320 g/mol. The molecule has 134 valence electrons. The van der Waals surface area contributed by atoms with Gasteiger partial charge in [0.2, 0.25) is 5.95 Å². The number of aromatic nitrogens is 4. The van der Waals surface area contributed by atoms with E-state index in [1.165, 1.54) is 0 Å². The molecule has 0 aromatic carbocycles. The van der Waals surface area contributed by atoms with Crippen LogP contribution in [-0.4, -0.2) is 43.9 Å². The van der Waals surface area contributed by atoms with Gasteiger partial charge in [-0.15, -0.1) is 0 Å². The van der Waals surface area contributed by atoms with Crippen molar-refractivity contribution in [1.82, 2.24) is 19.7 Å². The van der Waals surface area contributed by atoms with Gasteiger partial charge < -0.3 is 15.7 Å². The number of anilines is 2. The van der Waals surface area contributed by atoms with E-state index in [1.54, 1.807) is 10.9 Å². The molecule has 0 aliphatic carbocycles. The summed E-state index contributed by atoms with van der Waals surface area (Å²) in [5, 5.41) is 14.4. The van der Waals surface area contributed by atoms with Crippen molar-refractivity contribution in [2.45, 2.75) is 45.1 Å². The maximum atomic E-state index is 12.1. The Balaban J connectivity index is 1.84. The van der Waals surface area contributed by atoms with Gasteiger partial charge in [0.05, 0.1) is 5.69 Å². The Kier molecular flexibility index (Phi) is 4.36. The van der Waals surface area contributed by atoms with E-state index >= 15 is 0 Å². The number of nitrogen functional groups attached to an aromatic ring is 1. The molecule has 2 aromatic heterocycles. The number of hydrogen-bond acceptors (Lipinski definition) is 6. The van der Waals surface area contributed by atoms with Crippen molar-refractivity contribution >= 4 is 17.7 Å². The number of nitrogens with zero attached hydrogens (tertiary/aromatic N) is 5. The quantitative estimate of drug-likeness (QED) is 0.869. The minimum absolute atomic E-state index is 0.235. The van der Waals surface area contributed by atoms with Gasteiger partial charge in [-0.2, -0.15) is 10.1 Å². The second kappa shape index (κ2) is 6.34. The fourth-order valence-electron chi connectivity index (χ4n) is 3.27. The van der Waals surface area contributed by atoms with Crippen LogP contribution in [0.25, 0.3) is 0 Å². The number of aryl methyl sites for hydroxylation is 1. The Morgan fingerprint density at radius 2 is 2.00 bits per heavy atom. The van der Waals surface area contributed by atoms with Crippen LogP contribution < -0.4 is 10.6 Å². The molecule has 1 fully saturated rings. The molecule has 0 amide bonds. The molecule has 8 heteroatoms. The highest BCUT2D eigenvalue weighted by Crippen LogP contribution is 2.32. The number of nitrogens with two attached hydrogens (primary N) is 1. The highest BCUT2D eigenvalue weighted by molar-refractivity contribution is 5.77. The first-order chi connectivity index (χ1) is 11.8. The van der Waals surface area contributed by atoms with Gasteiger partial charge in [0, 0.05) is 43.9 Å². The van der Waals surface area contributed by atoms with Gasteiger partial charge in [0.15, 0.2) is 5.54 Å². The van der Waals surface area contributed by atoms with E-state index in [0.29, 0.717) is 25.9 Å². The molecule has 2 aromatic rings. The first kappa shape index (κ1) is 17.2. The van der Waals surface area contributed by atoms with Crippen LogP contribution in [0.5, 0.6) is 0 Å². The molecule has 3 heterocycles. The molecule has 0 unspecified atom stereocenters. The van der Waals surface area contributed by atoms with Crippen molar-refractivity contribution in [3.05, 3.63) is 29.7 Å². The zero-order valence-corrected chi connectivity index (χ0v) is 14.8. The summed E-state index contributed by atoms with van der Waals surface area (Å²) in [5.41, 5.74) is 6.42. The molecule has 3 N–H and O–H groups in total. The maximum absolute atomic E-state index is 12.1. The molecule has 1 saturated heterocycles. The summed E-state index contributed by atoms with van der Waals surface area (Å²) in [6, 6.07) is 3.77. The van der Waals surface area contributed by atoms with Crippen LogP contribution in [0.2, 0.25) is 0 Å². The number of rotatable bonds is 4. The Bertz CT molecular complexity index is 757. The topological polar surface area (TPSA) is 110 Å². The zero-order valence-electron chi connectivity index (χ0n) is 14.8. The van der Waals surface area contributed by atoms with Crippen LogP contribution in [0, 0.1) is 6.92 Å². The van der Waals surface area contributed by atoms with Crippen molar-refractivity contribution < 1.29 is 9.90 Å². The average Bonchev–Trinajstić information content (AvgIpc) is 3.04. The van der Waals surface area contributed by atoms with Crippen LogP contribution >= 0.6 is 0 Å². The van der Waals surface area contributed by atoms with E-state index in [9.17, 15) is 9.90 Å². The van der Waals surface area contributed by atoms with E-state index in [2.05, 4.69) is 20.0 Å². The lowest BCUT2D eigenvalue weighted by molar-refractivity contribution is -0.149. The summed E-state index contributed by atoms with van der Waals surface area (Å²) in [4.78, 5) is 22.5. The lowest BCUT2D eigenvalue weighted by atomic mass is 9.87. The first-order valence-corrected chi connectivity index (χ1v) is 8.47. The lowest BCUT2D eigenvalue weighted by Gasteiger charge is -2.39. The molecule has 0 spiro atoms. The molecule has 25 heavy (non-hydrogen) atoms. The lowest BCUT2D eigenvalue weighted by Crippen LogP contribution is -2.51. The number of piperidine rings is 1. The van der Waals surface area contributed by atoms with Gasteiger partial charge in [-0.25, -0.2) is 9.78 Å². The standard InChI is InChI=1S/C17H24N6O2/c1-11(2)13-4-7-23(21-13)17(15(24)25)5-8-22(9-6-17)14-10-12(3)19-16(18)20-14/h4,7,10-11H,5-6,8-9H2,1-3H3,(H,24,25)(H2,18,19,20). The second-order valence-electron chi connectivity index (χ2n) is 6.89. The summed E-state index contributed by atoms with van der Waals surface area (Å²) in [6.07, 6.45) is 2.68. The number of carbonyl (C=O) groups is 1. The normalized spacial score (nSPS) is 17.0. The van der Waals surface area contributed by atoms with E-state index in [1.807, 2.05) is 32.9 Å². The highest BCUT2D eigenvalue weighted by Gasteiger charge is 2.44. The molecule has 8 nitrogen and oxygen atoms in total. The number of carboxylic acid groups (broad SMARTS) is 1. The Morgan fingerprint density at radius 3 is 2.52 bits per heavy atom. The predicted molar refractivity (Wildman–Crippen MR) is 94.6 cm³/mol. The van der Waals surface area contributed by atoms with Gasteiger partial charge in [-0.05, 0) is 18.9 Å². The summed E-state index contributed by atoms with van der Waals surface area (Å²) in [7, 11) is 0. The highest BCUT2D eigenvalue weighted by atomic mass is 16.4. The third-order valence-electron chi connectivity index (χ3n) is 4.81. The van der Waals surface area contributed by atoms with Crippen LogP contribution in [0.15, 0.2) is 18.3 Å². The molecule has 0 bridgehead atoms. The van der Waals surface area contributed by atoms with E-state index in [4.69, 9.17) is 5.73 Å². The smallest absolute Gasteiger partial charge is 0.331 e. The maximum Gasteiger partial charge on any atom is 0.331 e. The number of aliphatic carboxylic acids is 1. The SMILES string of the molecule is Cc1cc(N2CCC(C(=O)O)(n3ccc(C(C)C)n3)CC2)nc(N)n1. The summed E-state index contributed by atoms with van der Waals surface area (Å²) in [6.45, 7) is 7.09. The molecular formula is C17H24N6O2. The molecule has 0 saturated carbocycles. The van der Waals surface area contributed by atoms with Crippen molar-refractivity contribution in [3.63, 3.8) is 0 Å². The van der Waals surface area contributed by atoms with Crippen LogP contribution in [-0.2, 0) is 10.3 Å². The van der Waals surface area contributed by atoms with Gasteiger partial charge >= 0.3 is 5.97 Å². The van der Waals surface area contributed by atoms with Crippen molar-refractivity contribution in [2.75, 3.05) is 23.7 Å². The van der Waals surface area contributed by atoms with Crippen molar-refractivity contribution in [3.8, 4) is 0 Å². The summed E-state index contributed by atoms with van der Waals surface area (Å²) in [5.74, 6) is 0.397. The predicted octanol–water partition coefficient (Wildman–Crippen LogP) is 1.77. The number of hydrogen-bond donors (Lipinski definition) is 2.